The molecular weight excluding hydrogens is 276 g/mol. The smallest absolute Gasteiger partial charge is 0.224 e. The van der Waals surface area contributed by atoms with Crippen LogP contribution in [0.5, 0.6) is 0 Å². The largest absolute Gasteiger partial charge is 0.395 e. The van der Waals surface area contributed by atoms with E-state index in [1.54, 1.807) is 6.20 Å². The van der Waals surface area contributed by atoms with E-state index in [0.29, 0.717) is 24.5 Å². The Morgan fingerprint density at radius 2 is 2.05 bits per heavy atom. The van der Waals surface area contributed by atoms with E-state index in [1.165, 1.54) is 24.0 Å². The summed E-state index contributed by atoms with van der Waals surface area (Å²) in [4.78, 5) is 11.2. The molecule has 0 radical (unpaired) electrons. The van der Waals surface area contributed by atoms with Gasteiger partial charge in [0.1, 0.15) is 5.82 Å². The van der Waals surface area contributed by atoms with Gasteiger partial charge in [0.05, 0.1) is 12.6 Å². The summed E-state index contributed by atoms with van der Waals surface area (Å²) in [5.74, 6) is 2.16. The number of nitrogens with zero attached hydrogens (tertiary/aromatic N) is 3. The molecule has 5 nitrogen and oxygen atoms in total. The molecule has 1 saturated heterocycles. The van der Waals surface area contributed by atoms with Gasteiger partial charge in [-0.1, -0.05) is 24.3 Å². The number of hydrogen-bond donors (Lipinski definition) is 2. The monoisotopic (exact) mass is 296 g/mol. The van der Waals surface area contributed by atoms with Gasteiger partial charge in [0.25, 0.3) is 0 Å². The van der Waals surface area contributed by atoms with Crippen LogP contribution in [0, 0.1) is 0 Å². The molecule has 2 aromatic rings. The van der Waals surface area contributed by atoms with Gasteiger partial charge in [-0.25, -0.2) is 4.98 Å². The van der Waals surface area contributed by atoms with Gasteiger partial charge in [-0.15, -0.1) is 0 Å². The maximum absolute atomic E-state index is 8.91. The summed E-state index contributed by atoms with van der Waals surface area (Å²) in [6.45, 7) is 1.58. The van der Waals surface area contributed by atoms with Crippen molar-refractivity contribution in [3.63, 3.8) is 0 Å². The minimum atomic E-state index is 0.0787. The van der Waals surface area contributed by atoms with Crippen molar-refractivity contribution in [3.8, 4) is 0 Å². The number of aliphatic hydroxyl groups is 1. The molecule has 0 spiro atoms. The van der Waals surface area contributed by atoms with E-state index < -0.39 is 0 Å². The number of aliphatic hydroxyl groups excluding tert-OH is 1. The minimum Gasteiger partial charge on any atom is -0.395 e. The first kappa shape index (κ1) is 13.5. The fraction of sp³-hybridized carbons (Fsp3) is 0.412. The first-order valence-corrected chi connectivity index (χ1v) is 7.90. The van der Waals surface area contributed by atoms with E-state index in [9.17, 15) is 0 Å². The van der Waals surface area contributed by atoms with Crippen LogP contribution in [0.3, 0.4) is 0 Å². The summed E-state index contributed by atoms with van der Waals surface area (Å²) in [6.07, 6.45) is 4.24. The first-order chi connectivity index (χ1) is 10.9. The molecule has 0 unspecified atom stereocenters. The molecule has 3 aliphatic rings. The Morgan fingerprint density at radius 1 is 1.18 bits per heavy atom. The molecule has 2 N–H and O–H groups in total. The number of fused-ring (bicyclic) bond motifs is 2. The van der Waals surface area contributed by atoms with Crippen LogP contribution in [-0.4, -0.2) is 34.8 Å². The molecule has 5 heteroatoms. The molecular formula is C17H20N4O. The van der Waals surface area contributed by atoms with Crippen LogP contribution in [0.1, 0.15) is 35.9 Å². The van der Waals surface area contributed by atoms with Gasteiger partial charge in [0, 0.05) is 25.2 Å². The highest BCUT2D eigenvalue weighted by Crippen LogP contribution is 2.47. The lowest BCUT2D eigenvalue weighted by Crippen LogP contribution is -2.43. The van der Waals surface area contributed by atoms with Crippen LogP contribution in [0.4, 0.5) is 11.8 Å². The SMILES string of the molecule is OCCNc1nccc(N2C[C@H]3CC[C@H]2c2ccccc23)n1. The Bertz CT molecular complexity index is 675. The lowest BCUT2D eigenvalue weighted by Gasteiger charge is -2.47. The van der Waals surface area contributed by atoms with E-state index in [1.807, 2.05) is 6.07 Å². The van der Waals surface area contributed by atoms with Gasteiger partial charge in [-0.05, 0) is 30.0 Å². The predicted octanol–water partition coefficient (Wildman–Crippen LogP) is 2.32. The summed E-state index contributed by atoms with van der Waals surface area (Å²) in [6, 6.07) is 11.2. The number of hydrogen-bond acceptors (Lipinski definition) is 5. The summed E-state index contributed by atoms with van der Waals surface area (Å²) >= 11 is 0. The van der Waals surface area contributed by atoms with Crippen LogP contribution in [-0.2, 0) is 0 Å². The van der Waals surface area contributed by atoms with Crippen molar-refractivity contribution in [2.45, 2.75) is 24.8 Å². The molecule has 1 aromatic carbocycles. The van der Waals surface area contributed by atoms with Crippen molar-refractivity contribution in [2.75, 3.05) is 29.9 Å². The summed E-state index contributed by atoms with van der Waals surface area (Å²) in [5.41, 5.74) is 2.97. The molecule has 0 saturated carbocycles. The second-order valence-corrected chi connectivity index (χ2v) is 5.96. The molecule has 2 bridgehead atoms. The Morgan fingerprint density at radius 3 is 2.91 bits per heavy atom. The fourth-order valence-corrected chi connectivity index (χ4v) is 3.75. The predicted molar refractivity (Wildman–Crippen MR) is 86.1 cm³/mol. The third-order valence-electron chi connectivity index (χ3n) is 4.71. The quantitative estimate of drug-likeness (QED) is 0.906. The topological polar surface area (TPSA) is 61.3 Å². The zero-order valence-corrected chi connectivity index (χ0v) is 12.4. The van der Waals surface area contributed by atoms with Crippen molar-refractivity contribution in [1.29, 1.82) is 0 Å². The number of benzene rings is 1. The standard InChI is InChI=1S/C17H20N4O/c22-10-9-19-17-18-8-7-16(20-17)21-11-12-5-6-15(21)14-4-2-1-3-13(12)14/h1-4,7-8,12,15,22H,5-6,9-11H2,(H,18,19,20)/t12-,15+/m1/s1. The van der Waals surface area contributed by atoms with Gasteiger partial charge >= 0.3 is 0 Å². The number of nitrogens with one attached hydrogen (secondary N) is 1. The highest BCUT2D eigenvalue weighted by atomic mass is 16.3. The van der Waals surface area contributed by atoms with Gasteiger partial charge in [-0.3, -0.25) is 0 Å². The summed E-state index contributed by atoms with van der Waals surface area (Å²) in [5, 5.41) is 12.0. The molecule has 3 heterocycles. The van der Waals surface area contributed by atoms with Crippen molar-refractivity contribution in [2.24, 2.45) is 0 Å². The van der Waals surface area contributed by atoms with Crippen molar-refractivity contribution in [3.05, 3.63) is 47.7 Å². The fourth-order valence-electron chi connectivity index (χ4n) is 3.75. The van der Waals surface area contributed by atoms with E-state index in [4.69, 9.17) is 5.11 Å². The number of piperidine rings is 1. The van der Waals surface area contributed by atoms with Crippen LogP contribution in [0.15, 0.2) is 36.5 Å². The minimum absolute atomic E-state index is 0.0787. The highest BCUT2D eigenvalue weighted by Gasteiger charge is 2.38. The average molecular weight is 296 g/mol. The second kappa shape index (κ2) is 5.57. The lowest BCUT2D eigenvalue weighted by atomic mass is 9.75. The molecule has 5 rings (SSSR count). The Labute approximate surface area is 130 Å². The zero-order valence-electron chi connectivity index (χ0n) is 12.4. The normalized spacial score (nSPS) is 22.5. The van der Waals surface area contributed by atoms with Gasteiger partial charge in [0.15, 0.2) is 0 Å². The van der Waals surface area contributed by atoms with Gasteiger partial charge < -0.3 is 15.3 Å². The van der Waals surface area contributed by atoms with Crippen molar-refractivity contribution in [1.82, 2.24) is 9.97 Å². The molecule has 0 amide bonds. The van der Waals surface area contributed by atoms with Crippen molar-refractivity contribution < 1.29 is 5.11 Å². The molecule has 22 heavy (non-hydrogen) atoms. The third-order valence-corrected chi connectivity index (χ3v) is 4.71. The van der Waals surface area contributed by atoms with E-state index in [2.05, 4.69) is 44.5 Å². The molecule has 114 valence electrons. The van der Waals surface area contributed by atoms with E-state index in [0.717, 1.165) is 12.4 Å². The zero-order chi connectivity index (χ0) is 14.9. The van der Waals surface area contributed by atoms with Crippen LogP contribution in [0.2, 0.25) is 0 Å². The van der Waals surface area contributed by atoms with E-state index in [-0.39, 0.29) is 6.61 Å². The average Bonchev–Trinajstić information content (AvgIpc) is 2.61. The van der Waals surface area contributed by atoms with Gasteiger partial charge in [0.2, 0.25) is 5.95 Å². The summed E-state index contributed by atoms with van der Waals surface area (Å²) < 4.78 is 0. The maximum atomic E-state index is 8.91. The molecule has 2 atom stereocenters. The second-order valence-electron chi connectivity index (χ2n) is 5.96. The first-order valence-electron chi connectivity index (χ1n) is 7.90. The maximum Gasteiger partial charge on any atom is 0.224 e. The van der Waals surface area contributed by atoms with Crippen LogP contribution < -0.4 is 10.2 Å². The van der Waals surface area contributed by atoms with Crippen LogP contribution in [0.25, 0.3) is 0 Å². The Kier molecular flexibility index (Phi) is 3.42. The number of anilines is 2. The molecule has 1 aliphatic carbocycles. The van der Waals surface area contributed by atoms with Gasteiger partial charge in [-0.2, -0.15) is 4.98 Å². The third kappa shape index (κ3) is 2.22. The molecule has 2 aliphatic heterocycles. The number of aromatic nitrogens is 2. The van der Waals surface area contributed by atoms with E-state index >= 15 is 0 Å². The van der Waals surface area contributed by atoms with Crippen molar-refractivity contribution >= 4 is 11.8 Å². The Hall–Kier alpha value is -2.14. The highest BCUT2D eigenvalue weighted by molar-refractivity contribution is 5.52. The Balaban J connectivity index is 1.65. The molecule has 1 fully saturated rings. The van der Waals surface area contributed by atoms with Crippen LogP contribution >= 0.6 is 0 Å². The lowest BCUT2D eigenvalue weighted by molar-refractivity contribution is 0.311. The number of rotatable bonds is 4. The summed E-state index contributed by atoms with van der Waals surface area (Å²) in [7, 11) is 0. The molecule has 1 aromatic heterocycles.